The van der Waals surface area contributed by atoms with E-state index < -0.39 is 29.8 Å². The first kappa shape index (κ1) is 17.8. The van der Waals surface area contributed by atoms with Crippen molar-refractivity contribution < 1.29 is 31.1 Å². The van der Waals surface area contributed by atoms with E-state index in [0.717, 1.165) is 6.66 Å². The molecule has 0 saturated carbocycles. The molecule has 0 amide bonds. The summed E-state index contributed by atoms with van der Waals surface area (Å²) in [4.78, 5) is -0.116. The standard InChI is InChI=1S/C13H13O7PS2/c1-21(14,19-10-6-2-4-8-12(10)22(15)16)20-11-7-3-5-9-13(11)23(17)18/h2-9H,1H3,(H,15,16)(H,17,18). The Hall–Kier alpha value is -1.51. The van der Waals surface area contributed by atoms with Crippen molar-refractivity contribution in [2.75, 3.05) is 6.66 Å². The SMILES string of the molecule is CP(=O)(Oc1ccccc1S(=O)O)Oc1ccccc1S(=O)O. The molecule has 2 aromatic carbocycles. The maximum Gasteiger partial charge on any atom is 0.427 e. The van der Waals surface area contributed by atoms with Crippen molar-refractivity contribution in [3.8, 4) is 11.5 Å². The Bertz CT molecular complexity index is 745. The van der Waals surface area contributed by atoms with Gasteiger partial charge < -0.3 is 18.2 Å². The van der Waals surface area contributed by atoms with Crippen LogP contribution in [0.25, 0.3) is 0 Å². The average molecular weight is 376 g/mol. The van der Waals surface area contributed by atoms with E-state index in [1.54, 1.807) is 12.1 Å². The average Bonchev–Trinajstić information content (AvgIpc) is 2.47. The molecule has 0 fully saturated rings. The molecule has 0 aliphatic heterocycles. The second kappa shape index (κ2) is 7.37. The van der Waals surface area contributed by atoms with E-state index in [-0.39, 0.29) is 21.3 Å². The van der Waals surface area contributed by atoms with Crippen LogP contribution in [0.1, 0.15) is 0 Å². The van der Waals surface area contributed by atoms with Gasteiger partial charge in [-0.25, -0.2) is 13.0 Å². The number of hydrogen-bond acceptors (Lipinski definition) is 5. The molecular formula is C13H13O7PS2. The van der Waals surface area contributed by atoms with Crippen molar-refractivity contribution in [3.63, 3.8) is 0 Å². The molecule has 2 unspecified atom stereocenters. The molecule has 10 heteroatoms. The van der Waals surface area contributed by atoms with Crippen molar-refractivity contribution in [2.45, 2.75) is 9.79 Å². The molecule has 2 atom stereocenters. The van der Waals surface area contributed by atoms with Gasteiger partial charge in [-0.1, -0.05) is 24.3 Å². The van der Waals surface area contributed by atoms with E-state index in [4.69, 9.17) is 9.05 Å². The van der Waals surface area contributed by atoms with Crippen LogP contribution in [0.3, 0.4) is 0 Å². The Balaban J connectivity index is 2.29. The van der Waals surface area contributed by atoms with E-state index in [1.807, 2.05) is 0 Å². The van der Waals surface area contributed by atoms with Crippen LogP contribution < -0.4 is 9.05 Å². The fourth-order valence-corrected chi connectivity index (χ4v) is 3.86. The van der Waals surface area contributed by atoms with Crippen LogP contribution in [0.4, 0.5) is 0 Å². The van der Waals surface area contributed by atoms with Gasteiger partial charge in [-0.2, -0.15) is 0 Å². The summed E-state index contributed by atoms with van der Waals surface area (Å²) in [6, 6.07) is 11.6. The molecule has 23 heavy (non-hydrogen) atoms. The second-order valence-corrected chi connectivity index (χ2v) is 8.13. The largest absolute Gasteiger partial charge is 0.427 e. The summed E-state index contributed by atoms with van der Waals surface area (Å²) in [5, 5.41) is 0. The predicted octanol–water partition coefficient (Wildman–Crippen LogP) is 3.13. The van der Waals surface area contributed by atoms with E-state index in [9.17, 15) is 22.1 Å². The lowest BCUT2D eigenvalue weighted by molar-refractivity contribution is 0.385. The molecule has 0 heterocycles. The maximum absolute atomic E-state index is 12.5. The molecule has 2 N–H and O–H groups in total. The smallest absolute Gasteiger partial charge is 0.415 e. The van der Waals surface area contributed by atoms with Crippen LogP contribution in [0.2, 0.25) is 0 Å². The van der Waals surface area contributed by atoms with Gasteiger partial charge in [0.15, 0.2) is 22.2 Å². The van der Waals surface area contributed by atoms with Crippen LogP contribution in [0, 0.1) is 0 Å². The monoisotopic (exact) mass is 376 g/mol. The molecule has 0 radical (unpaired) electrons. The molecular weight excluding hydrogens is 363 g/mol. The highest BCUT2D eigenvalue weighted by Gasteiger charge is 2.25. The molecule has 2 rings (SSSR count). The summed E-state index contributed by atoms with van der Waals surface area (Å²) < 4.78 is 63.8. The summed E-state index contributed by atoms with van der Waals surface area (Å²) in [6.45, 7) is 1.15. The van der Waals surface area contributed by atoms with Gasteiger partial charge in [0.25, 0.3) is 0 Å². The Morgan fingerprint density at radius 3 is 1.52 bits per heavy atom. The molecule has 7 nitrogen and oxygen atoms in total. The third-order valence-electron chi connectivity index (χ3n) is 2.60. The first-order chi connectivity index (χ1) is 10.8. The fraction of sp³-hybridized carbons (Fsp3) is 0.0769. The van der Waals surface area contributed by atoms with Gasteiger partial charge in [0.05, 0.1) is 6.66 Å². The zero-order chi connectivity index (χ0) is 17.0. The topological polar surface area (TPSA) is 110 Å². The normalized spacial score (nSPS) is 16.1. The Morgan fingerprint density at radius 1 is 0.826 bits per heavy atom. The molecule has 124 valence electrons. The van der Waals surface area contributed by atoms with E-state index in [2.05, 4.69) is 0 Å². The second-order valence-electron chi connectivity index (χ2n) is 4.35. The number of para-hydroxylation sites is 2. The zero-order valence-electron chi connectivity index (χ0n) is 11.8. The summed E-state index contributed by atoms with van der Waals surface area (Å²) in [7, 11) is -3.76. The first-order valence-electron chi connectivity index (χ1n) is 6.16. The van der Waals surface area contributed by atoms with Gasteiger partial charge in [-0.3, -0.25) is 0 Å². The van der Waals surface area contributed by atoms with Crippen LogP contribution in [0.15, 0.2) is 58.3 Å². The highest BCUT2D eigenvalue weighted by molar-refractivity contribution is 7.79. The lowest BCUT2D eigenvalue weighted by Crippen LogP contribution is -2.04. The molecule has 0 aliphatic rings. The summed E-state index contributed by atoms with van der Waals surface area (Å²) in [5.74, 6) is -0.136. The van der Waals surface area contributed by atoms with Crippen LogP contribution in [0.5, 0.6) is 11.5 Å². The van der Waals surface area contributed by atoms with Gasteiger partial charge in [-0.15, -0.1) is 0 Å². The number of hydrogen-bond donors (Lipinski definition) is 2. The number of rotatable bonds is 6. The molecule has 0 aliphatic carbocycles. The minimum Gasteiger partial charge on any atom is -0.415 e. The molecule has 0 spiro atoms. The Morgan fingerprint density at radius 2 is 1.17 bits per heavy atom. The maximum atomic E-state index is 12.5. The van der Waals surface area contributed by atoms with E-state index >= 15 is 0 Å². The molecule has 0 saturated heterocycles. The van der Waals surface area contributed by atoms with Gasteiger partial charge >= 0.3 is 7.60 Å². The van der Waals surface area contributed by atoms with Gasteiger partial charge in [-0.05, 0) is 24.3 Å². The van der Waals surface area contributed by atoms with Crippen LogP contribution in [-0.4, -0.2) is 24.2 Å². The van der Waals surface area contributed by atoms with Gasteiger partial charge in [0, 0.05) is 0 Å². The number of benzene rings is 2. The van der Waals surface area contributed by atoms with Crippen molar-refractivity contribution in [1.82, 2.24) is 0 Å². The summed E-state index contributed by atoms with van der Waals surface area (Å²) in [6.07, 6.45) is 0. The van der Waals surface area contributed by atoms with Crippen molar-refractivity contribution in [2.24, 2.45) is 0 Å². The van der Waals surface area contributed by atoms with Crippen LogP contribution >= 0.6 is 7.60 Å². The predicted molar refractivity (Wildman–Crippen MR) is 85.7 cm³/mol. The zero-order valence-corrected chi connectivity index (χ0v) is 14.3. The lowest BCUT2D eigenvalue weighted by atomic mass is 10.3. The molecule has 0 aromatic heterocycles. The molecule has 2 aromatic rings. The van der Waals surface area contributed by atoms with E-state index in [0.29, 0.717) is 0 Å². The quantitative estimate of drug-likeness (QED) is 0.589. The minimum atomic E-state index is -3.76. The fourth-order valence-electron chi connectivity index (χ4n) is 1.72. The Kier molecular flexibility index (Phi) is 5.72. The highest BCUT2D eigenvalue weighted by atomic mass is 32.2. The summed E-state index contributed by atoms with van der Waals surface area (Å²) in [5.41, 5.74) is 0. The summed E-state index contributed by atoms with van der Waals surface area (Å²) >= 11 is -4.65. The lowest BCUT2D eigenvalue weighted by Gasteiger charge is -2.18. The van der Waals surface area contributed by atoms with E-state index in [1.165, 1.54) is 36.4 Å². The third kappa shape index (κ3) is 4.73. The van der Waals surface area contributed by atoms with Crippen molar-refractivity contribution in [3.05, 3.63) is 48.5 Å². The third-order valence-corrected chi connectivity index (χ3v) is 5.09. The van der Waals surface area contributed by atoms with Gasteiger partial charge in [0.1, 0.15) is 21.3 Å². The first-order valence-corrected chi connectivity index (χ1v) is 10.4. The minimum absolute atomic E-state index is 0.0582. The van der Waals surface area contributed by atoms with Gasteiger partial charge in [0.2, 0.25) is 0 Å². The highest BCUT2D eigenvalue weighted by Crippen LogP contribution is 2.47. The van der Waals surface area contributed by atoms with Crippen LogP contribution in [-0.2, 0) is 26.7 Å². The Labute approximate surface area is 137 Å². The molecule has 0 bridgehead atoms. The van der Waals surface area contributed by atoms with Crippen molar-refractivity contribution >= 4 is 29.8 Å². The van der Waals surface area contributed by atoms with Crippen molar-refractivity contribution in [1.29, 1.82) is 0 Å².